The van der Waals surface area contributed by atoms with Gasteiger partial charge in [0, 0.05) is 22.2 Å². The number of nitro groups is 1. The molecule has 0 saturated carbocycles. The third-order valence-electron chi connectivity index (χ3n) is 4.06. The maximum absolute atomic E-state index is 12.8. The zero-order valence-electron chi connectivity index (χ0n) is 15.9. The molecule has 1 heterocycles. The number of aromatic nitrogens is 2. The average Bonchev–Trinajstić information content (AvgIpc) is 2.72. The number of aryl methyl sites for hydroxylation is 1. The van der Waals surface area contributed by atoms with Crippen LogP contribution in [0, 0.1) is 17.0 Å². The van der Waals surface area contributed by atoms with Crippen LogP contribution in [0.15, 0.2) is 50.8 Å². The van der Waals surface area contributed by atoms with Gasteiger partial charge < -0.3 is 9.47 Å². The summed E-state index contributed by atoms with van der Waals surface area (Å²) in [6.07, 6.45) is 1.24. The topological polar surface area (TPSA) is 126 Å². The van der Waals surface area contributed by atoms with Crippen molar-refractivity contribution in [1.82, 2.24) is 9.66 Å². The Balaban J connectivity index is 2.06. The van der Waals surface area contributed by atoms with Crippen molar-refractivity contribution in [2.24, 2.45) is 5.10 Å². The van der Waals surface area contributed by atoms with Crippen LogP contribution >= 0.6 is 15.9 Å². The van der Waals surface area contributed by atoms with E-state index in [1.165, 1.54) is 31.5 Å². The molecular formula is C19H15BrN4O6. The monoisotopic (exact) mass is 474 g/mol. The van der Waals surface area contributed by atoms with Gasteiger partial charge in [0.05, 0.1) is 29.2 Å². The minimum Gasteiger partial charge on any atom is -0.481 e. The van der Waals surface area contributed by atoms with Crippen molar-refractivity contribution >= 4 is 44.7 Å². The van der Waals surface area contributed by atoms with Crippen molar-refractivity contribution < 1.29 is 19.2 Å². The molecule has 0 radical (unpaired) electrons. The zero-order chi connectivity index (χ0) is 21.8. The number of nitro benzene ring substituents is 1. The van der Waals surface area contributed by atoms with Gasteiger partial charge in [-0.25, -0.2) is 9.78 Å². The minimum atomic E-state index is -0.618. The van der Waals surface area contributed by atoms with Crippen LogP contribution in [-0.2, 0) is 9.53 Å². The van der Waals surface area contributed by atoms with Crippen LogP contribution in [0.4, 0.5) is 5.69 Å². The number of carbonyl (C=O) groups excluding carboxylic acids is 1. The number of carbonyl (C=O) groups is 1. The molecule has 0 spiro atoms. The molecule has 0 N–H and O–H groups in total. The number of hydrogen-bond donors (Lipinski definition) is 0. The summed E-state index contributed by atoms with van der Waals surface area (Å²) < 4.78 is 11.7. The smallest absolute Gasteiger partial charge is 0.343 e. The van der Waals surface area contributed by atoms with Crippen molar-refractivity contribution in [3.05, 3.63) is 72.7 Å². The molecule has 0 fully saturated rings. The molecule has 30 heavy (non-hydrogen) atoms. The van der Waals surface area contributed by atoms with Crippen molar-refractivity contribution in [3.63, 3.8) is 0 Å². The van der Waals surface area contributed by atoms with Gasteiger partial charge in [0.1, 0.15) is 11.6 Å². The first kappa shape index (κ1) is 21.1. The van der Waals surface area contributed by atoms with Crippen LogP contribution in [-0.4, -0.2) is 40.5 Å². The molecule has 3 aromatic rings. The summed E-state index contributed by atoms with van der Waals surface area (Å²) in [7, 11) is 1.21. The van der Waals surface area contributed by atoms with E-state index < -0.39 is 16.5 Å². The Morgan fingerprint density at radius 3 is 2.80 bits per heavy atom. The third-order valence-corrected chi connectivity index (χ3v) is 4.55. The lowest BCUT2D eigenvalue weighted by Crippen LogP contribution is -2.20. The Labute approximate surface area is 178 Å². The first-order chi connectivity index (χ1) is 14.3. The molecule has 0 saturated heterocycles. The zero-order valence-corrected chi connectivity index (χ0v) is 17.5. The summed E-state index contributed by atoms with van der Waals surface area (Å²) in [6.45, 7) is 1.22. The number of ether oxygens (including phenoxy) is 2. The molecule has 0 aliphatic carbocycles. The SMILES string of the molecule is COC(=O)COc1ccc([N+](=O)[O-])cc1C=Nn1c(C)nc2ccc(Br)cc2c1=O. The predicted molar refractivity (Wildman–Crippen MR) is 112 cm³/mol. The van der Waals surface area contributed by atoms with E-state index in [2.05, 4.69) is 30.8 Å². The molecule has 0 bridgehead atoms. The first-order valence-electron chi connectivity index (χ1n) is 8.51. The summed E-state index contributed by atoms with van der Waals surface area (Å²) >= 11 is 3.32. The van der Waals surface area contributed by atoms with Crippen LogP contribution in [0.1, 0.15) is 11.4 Å². The molecule has 10 nitrogen and oxygen atoms in total. The Morgan fingerprint density at radius 1 is 1.33 bits per heavy atom. The van der Waals surface area contributed by atoms with E-state index in [1.54, 1.807) is 25.1 Å². The molecule has 0 aliphatic heterocycles. The van der Waals surface area contributed by atoms with Gasteiger partial charge in [0.2, 0.25) is 0 Å². The van der Waals surface area contributed by atoms with E-state index in [0.717, 1.165) is 4.68 Å². The number of benzene rings is 2. The standard InChI is InChI=1S/C19H15BrN4O6/c1-11-22-16-5-3-13(20)8-15(16)19(26)23(11)21-9-12-7-14(24(27)28)4-6-17(12)30-10-18(25)29-2/h3-9H,10H2,1-2H3. The Morgan fingerprint density at radius 2 is 2.10 bits per heavy atom. The first-order valence-corrected chi connectivity index (χ1v) is 9.31. The average molecular weight is 475 g/mol. The number of fused-ring (bicyclic) bond motifs is 1. The Bertz CT molecular complexity index is 1240. The molecule has 11 heteroatoms. The van der Waals surface area contributed by atoms with Crippen LogP contribution in [0.25, 0.3) is 10.9 Å². The van der Waals surface area contributed by atoms with Gasteiger partial charge in [-0.3, -0.25) is 14.9 Å². The van der Waals surface area contributed by atoms with Crippen LogP contribution in [0.3, 0.4) is 0 Å². The van der Waals surface area contributed by atoms with E-state index in [9.17, 15) is 19.7 Å². The number of esters is 1. The largest absolute Gasteiger partial charge is 0.481 e. The molecular weight excluding hydrogens is 460 g/mol. The fourth-order valence-electron chi connectivity index (χ4n) is 2.59. The lowest BCUT2D eigenvalue weighted by Gasteiger charge is -2.09. The Kier molecular flexibility index (Phi) is 6.21. The Hall–Kier alpha value is -3.60. The number of halogens is 1. The van der Waals surface area contributed by atoms with Crippen LogP contribution < -0.4 is 10.3 Å². The number of rotatable bonds is 6. The highest BCUT2D eigenvalue weighted by atomic mass is 79.9. The van der Waals surface area contributed by atoms with Gasteiger partial charge in [0.25, 0.3) is 11.2 Å². The predicted octanol–water partition coefficient (Wildman–Crippen LogP) is 2.81. The van der Waals surface area contributed by atoms with Gasteiger partial charge in [-0.05, 0) is 31.2 Å². The minimum absolute atomic E-state index is 0.164. The summed E-state index contributed by atoms with van der Waals surface area (Å²) in [5, 5.41) is 15.6. The van der Waals surface area contributed by atoms with Crippen LogP contribution in [0.2, 0.25) is 0 Å². The van der Waals surface area contributed by atoms with E-state index >= 15 is 0 Å². The lowest BCUT2D eigenvalue weighted by molar-refractivity contribution is -0.384. The molecule has 3 rings (SSSR count). The summed E-state index contributed by atoms with van der Waals surface area (Å²) in [4.78, 5) is 39.1. The van der Waals surface area contributed by atoms with Gasteiger partial charge in [-0.2, -0.15) is 9.78 Å². The number of non-ortho nitro benzene ring substituents is 1. The van der Waals surface area contributed by atoms with Gasteiger partial charge in [-0.15, -0.1) is 0 Å². The van der Waals surface area contributed by atoms with Crippen molar-refractivity contribution in [2.75, 3.05) is 13.7 Å². The number of hydrogen-bond acceptors (Lipinski definition) is 8. The maximum atomic E-state index is 12.8. The molecule has 1 aromatic heterocycles. The van der Waals surface area contributed by atoms with E-state index in [0.29, 0.717) is 21.2 Å². The van der Waals surface area contributed by atoms with Crippen molar-refractivity contribution in [3.8, 4) is 5.75 Å². The molecule has 154 valence electrons. The second kappa shape index (κ2) is 8.82. The number of nitrogens with zero attached hydrogens (tertiary/aromatic N) is 4. The van der Waals surface area contributed by atoms with Gasteiger partial charge in [-0.1, -0.05) is 15.9 Å². The second-order valence-corrected chi connectivity index (χ2v) is 6.94. The van der Waals surface area contributed by atoms with Gasteiger partial charge in [0.15, 0.2) is 6.61 Å². The summed E-state index contributed by atoms with van der Waals surface area (Å²) in [5.74, 6) is -0.127. The third kappa shape index (κ3) is 4.51. The summed E-state index contributed by atoms with van der Waals surface area (Å²) in [6, 6.07) is 8.91. The molecule has 0 unspecified atom stereocenters. The quantitative estimate of drug-likeness (QED) is 0.232. The maximum Gasteiger partial charge on any atom is 0.343 e. The van der Waals surface area contributed by atoms with Crippen LogP contribution in [0.5, 0.6) is 5.75 Å². The van der Waals surface area contributed by atoms with E-state index in [1.807, 2.05) is 0 Å². The molecule has 0 atom stereocenters. The highest BCUT2D eigenvalue weighted by Gasteiger charge is 2.13. The molecule has 0 aliphatic rings. The molecule has 2 aromatic carbocycles. The second-order valence-electron chi connectivity index (χ2n) is 6.03. The highest BCUT2D eigenvalue weighted by Crippen LogP contribution is 2.23. The van der Waals surface area contributed by atoms with Gasteiger partial charge >= 0.3 is 5.97 Å². The molecule has 0 amide bonds. The lowest BCUT2D eigenvalue weighted by atomic mass is 10.2. The normalized spacial score (nSPS) is 11.0. The fraction of sp³-hybridized carbons (Fsp3) is 0.158. The fourth-order valence-corrected chi connectivity index (χ4v) is 2.95. The number of methoxy groups -OCH3 is 1. The highest BCUT2D eigenvalue weighted by molar-refractivity contribution is 9.10. The van der Waals surface area contributed by atoms with E-state index in [4.69, 9.17) is 4.74 Å². The van der Waals surface area contributed by atoms with E-state index in [-0.39, 0.29) is 23.6 Å². The van der Waals surface area contributed by atoms with Crippen molar-refractivity contribution in [1.29, 1.82) is 0 Å². The summed E-state index contributed by atoms with van der Waals surface area (Å²) in [5.41, 5.74) is 0.113. The van der Waals surface area contributed by atoms with Crippen molar-refractivity contribution in [2.45, 2.75) is 6.92 Å².